The van der Waals surface area contributed by atoms with Crippen molar-refractivity contribution in [3.8, 4) is 0 Å². The highest BCUT2D eigenvalue weighted by Gasteiger charge is 2.24. The molecule has 0 bridgehead atoms. The lowest BCUT2D eigenvalue weighted by Gasteiger charge is -2.30. The van der Waals surface area contributed by atoms with E-state index in [0.29, 0.717) is 6.54 Å². The van der Waals surface area contributed by atoms with E-state index in [4.69, 9.17) is 5.73 Å². The minimum atomic E-state index is -0.221. The van der Waals surface area contributed by atoms with Crippen molar-refractivity contribution in [3.63, 3.8) is 0 Å². The summed E-state index contributed by atoms with van der Waals surface area (Å²) in [6, 6.07) is 8.35. The van der Waals surface area contributed by atoms with E-state index in [9.17, 15) is 9.59 Å². The van der Waals surface area contributed by atoms with Crippen molar-refractivity contribution in [2.24, 2.45) is 11.7 Å². The van der Waals surface area contributed by atoms with Crippen molar-refractivity contribution < 1.29 is 9.59 Å². The van der Waals surface area contributed by atoms with Crippen molar-refractivity contribution in [1.29, 1.82) is 0 Å². The van der Waals surface area contributed by atoms with Gasteiger partial charge in [0.15, 0.2) is 0 Å². The molecule has 1 aromatic rings. The molecule has 0 spiro atoms. The van der Waals surface area contributed by atoms with E-state index in [1.165, 1.54) is 11.1 Å². The second kappa shape index (κ2) is 8.11. The first-order chi connectivity index (χ1) is 11.0. The monoisotopic (exact) mass is 317 g/mol. The Labute approximate surface area is 138 Å². The number of likely N-dealkylation sites (tertiary alicyclic amines) is 1. The van der Waals surface area contributed by atoms with Crippen LogP contribution in [-0.2, 0) is 16.0 Å². The predicted molar refractivity (Wildman–Crippen MR) is 90.8 cm³/mol. The molecule has 23 heavy (non-hydrogen) atoms. The molecule has 1 aliphatic heterocycles. The molecule has 3 N–H and O–H groups in total. The molecule has 1 saturated heterocycles. The van der Waals surface area contributed by atoms with E-state index in [2.05, 4.69) is 29.3 Å². The van der Waals surface area contributed by atoms with Gasteiger partial charge in [0.2, 0.25) is 11.8 Å². The minimum Gasteiger partial charge on any atom is -0.369 e. The zero-order chi connectivity index (χ0) is 16.8. The smallest absolute Gasteiger partial charge is 0.234 e. The van der Waals surface area contributed by atoms with Crippen LogP contribution in [0.2, 0.25) is 0 Å². The average Bonchev–Trinajstić information content (AvgIpc) is 2.50. The van der Waals surface area contributed by atoms with Gasteiger partial charge in [-0.15, -0.1) is 0 Å². The van der Waals surface area contributed by atoms with Crippen LogP contribution in [0.15, 0.2) is 24.3 Å². The molecule has 5 nitrogen and oxygen atoms in total. The van der Waals surface area contributed by atoms with Gasteiger partial charge >= 0.3 is 0 Å². The molecule has 1 aliphatic rings. The summed E-state index contributed by atoms with van der Waals surface area (Å²) in [6.07, 6.45) is 2.34. The van der Waals surface area contributed by atoms with Crippen molar-refractivity contribution in [3.05, 3.63) is 35.4 Å². The standard InChI is InChI=1S/C18H27N3O2/c1-13-5-3-4-6-16(13)11-14(2)20-17(22)12-21-9-7-15(8-10-21)18(19)23/h3-6,14-15H,7-12H2,1-2H3,(H2,19,23)(H,20,22)/t14-/m0/s1. The number of amides is 2. The van der Waals surface area contributed by atoms with Crippen LogP contribution in [0.5, 0.6) is 0 Å². The molecule has 1 fully saturated rings. The second-order valence-electron chi connectivity index (χ2n) is 6.55. The Morgan fingerprint density at radius 1 is 1.30 bits per heavy atom. The Bertz CT molecular complexity index is 551. The molecule has 0 saturated carbocycles. The Hall–Kier alpha value is -1.88. The van der Waals surface area contributed by atoms with Gasteiger partial charge < -0.3 is 11.1 Å². The van der Waals surface area contributed by atoms with E-state index >= 15 is 0 Å². The largest absolute Gasteiger partial charge is 0.369 e. The van der Waals surface area contributed by atoms with Crippen molar-refractivity contribution in [2.45, 2.75) is 39.2 Å². The fourth-order valence-electron chi connectivity index (χ4n) is 3.12. The van der Waals surface area contributed by atoms with E-state index in [-0.39, 0.29) is 23.8 Å². The topological polar surface area (TPSA) is 75.4 Å². The minimum absolute atomic E-state index is 0.0331. The first-order valence-electron chi connectivity index (χ1n) is 8.31. The van der Waals surface area contributed by atoms with Crippen LogP contribution in [-0.4, -0.2) is 42.4 Å². The maximum atomic E-state index is 12.2. The van der Waals surface area contributed by atoms with Crippen LogP contribution in [0.3, 0.4) is 0 Å². The van der Waals surface area contributed by atoms with Gasteiger partial charge in [-0.05, 0) is 57.3 Å². The molecule has 2 rings (SSSR count). The van der Waals surface area contributed by atoms with Crippen LogP contribution in [0.1, 0.15) is 30.9 Å². The highest BCUT2D eigenvalue weighted by molar-refractivity contribution is 5.78. The lowest BCUT2D eigenvalue weighted by Crippen LogP contribution is -2.45. The number of hydrogen-bond acceptors (Lipinski definition) is 3. The van der Waals surface area contributed by atoms with E-state index < -0.39 is 0 Å². The fraction of sp³-hybridized carbons (Fsp3) is 0.556. The molecule has 0 radical (unpaired) electrons. The Morgan fingerprint density at radius 2 is 1.96 bits per heavy atom. The summed E-state index contributed by atoms with van der Waals surface area (Å²) >= 11 is 0. The van der Waals surface area contributed by atoms with Crippen molar-refractivity contribution in [2.75, 3.05) is 19.6 Å². The molecular weight excluding hydrogens is 290 g/mol. The number of carbonyl (C=O) groups is 2. The third kappa shape index (κ3) is 5.36. The fourth-order valence-corrected chi connectivity index (χ4v) is 3.12. The van der Waals surface area contributed by atoms with Crippen LogP contribution in [0.25, 0.3) is 0 Å². The third-order valence-electron chi connectivity index (χ3n) is 4.55. The van der Waals surface area contributed by atoms with Gasteiger partial charge in [-0.25, -0.2) is 0 Å². The van der Waals surface area contributed by atoms with Crippen LogP contribution >= 0.6 is 0 Å². The summed E-state index contributed by atoms with van der Waals surface area (Å²) in [4.78, 5) is 25.4. The van der Waals surface area contributed by atoms with Gasteiger partial charge in [0.25, 0.3) is 0 Å². The quantitative estimate of drug-likeness (QED) is 0.829. The highest BCUT2D eigenvalue weighted by Crippen LogP contribution is 2.16. The van der Waals surface area contributed by atoms with E-state index in [1.807, 2.05) is 19.1 Å². The Balaban J connectivity index is 1.74. The van der Waals surface area contributed by atoms with Gasteiger partial charge in [0.1, 0.15) is 0 Å². The molecule has 2 amide bonds. The number of aryl methyl sites for hydroxylation is 1. The van der Waals surface area contributed by atoms with Gasteiger partial charge in [-0.3, -0.25) is 14.5 Å². The Morgan fingerprint density at radius 3 is 2.57 bits per heavy atom. The third-order valence-corrected chi connectivity index (χ3v) is 4.55. The number of primary amides is 1. The maximum Gasteiger partial charge on any atom is 0.234 e. The first-order valence-corrected chi connectivity index (χ1v) is 8.31. The summed E-state index contributed by atoms with van der Waals surface area (Å²) in [5.41, 5.74) is 7.85. The van der Waals surface area contributed by atoms with Gasteiger partial charge in [0.05, 0.1) is 6.54 Å². The molecule has 0 unspecified atom stereocenters. The van der Waals surface area contributed by atoms with Crippen molar-refractivity contribution >= 4 is 11.8 Å². The molecule has 1 atom stereocenters. The SMILES string of the molecule is Cc1ccccc1C[C@H](C)NC(=O)CN1CCC(C(N)=O)CC1. The van der Waals surface area contributed by atoms with Crippen molar-refractivity contribution in [1.82, 2.24) is 10.2 Å². The average molecular weight is 317 g/mol. The second-order valence-corrected chi connectivity index (χ2v) is 6.55. The van der Waals surface area contributed by atoms with Gasteiger partial charge in [-0.2, -0.15) is 0 Å². The molecule has 1 aromatic carbocycles. The summed E-state index contributed by atoms with van der Waals surface area (Å²) in [5, 5.41) is 3.06. The number of nitrogens with two attached hydrogens (primary N) is 1. The number of rotatable bonds is 6. The number of hydrogen-bond donors (Lipinski definition) is 2. The Kier molecular flexibility index (Phi) is 6.16. The molecule has 0 aromatic heterocycles. The summed E-state index contributed by atoms with van der Waals surface area (Å²) in [7, 11) is 0. The number of benzene rings is 1. The molecule has 126 valence electrons. The zero-order valence-corrected chi connectivity index (χ0v) is 14.0. The lowest BCUT2D eigenvalue weighted by molar-refractivity contribution is -0.124. The van der Waals surface area contributed by atoms with Crippen LogP contribution in [0.4, 0.5) is 0 Å². The molecule has 0 aliphatic carbocycles. The van der Waals surface area contributed by atoms with Gasteiger partial charge in [0, 0.05) is 12.0 Å². The first kappa shape index (κ1) is 17.5. The van der Waals surface area contributed by atoms with Crippen LogP contribution in [0, 0.1) is 12.8 Å². The highest BCUT2D eigenvalue weighted by atomic mass is 16.2. The molecule has 5 heteroatoms. The summed E-state index contributed by atoms with van der Waals surface area (Å²) in [6.45, 7) is 6.03. The normalized spacial score (nSPS) is 17.7. The van der Waals surface area contributed by atoms with E-state index in [0.717, 1.165) is 32.4 Å². The summed E-state index contributed by atoms with van der Waals surface area (Å²) in [5.74, 6) is -0.209. The number of nitrogens with one attached hydrogen (secondary N) is 1. The lowest BCUT2D eigenvalue weighted by atomic mass is 9.96. The molecular formula is C18H27N3O2. The maximum absolute atomic E-state index is 12.2. The number of nitrogens with zero attached hydrogens (tertiary/aromatic N) is 1. The number of carbonyl (C=O) groups excluding carboxylic acids is 2. The van der Waals surface area contributed by atoms with Crippen LogP contribution < -0.4 is 11.1 Å². The zero-order valence-electron chi connectivity index (χ0n) is 14.0. The predicted octanol–water partition coefficient (Wildman–Crippen LogP) is 1.24. The molecule has 1 heterocycles. The van der Waals surface area contributed by atoms with E-state index in [1.54, 1.807) is 0 Å². The van der Waals surface area contributed by atoms with Gasteiger partial charge in [-0.1, -0.05) is 24.3 Å². The number of piperidine rings is 1. The summed E-state index contributed by atoms with van der Waals surface area (Å²) < 4.78 is 0.